The first-order valence-electron chi connectivity index (χ1n) is 5.75. The molecule has 1 aliphatic rings. The van der Waals surface area contributed by atoms with E-state index in [1.807, 2.05) is 0 Å². The topological polar surface area (TPSA) is 119 Å². The first-order valence-corrected chi connectivity index (χ1v) is 5.75. The average molecular weight is 263 g/mol. The molecule has 0 aromatic carbocycles. The maximum Gasteiger partial charge on any atom is 0.207 e. The molecule has 0 saturated carbocycles. The number of imidazole rings is 1. The number of aliphatic hydroxyl groups is 2. The van der Waals surface area contributed by atoms with Gasteiger partial charge >= 0.3 is 0 Å². The minimum Gasteiger partial charge on any atom is -0.469 e. The maximum absolute atomic E-state index is 10.0. The van der Waals surface area contributed by atoms with Crippen molar-refractivity contribution in [2.45, 2.75) is 25.4 Å². The molecule has 3 heterocycles. The molecule has 0 spiro atoms. The Kier molecular flexibility index (Phi) is 2.61. The normalized spacial score (nSPS) is 29.0. The number of rotatable bonds is 1. The lowest BCUT2D eigenvalue weighted by atomic mass is 10.2. The molecule has 1 aliphatic heterocycles. The molecular formula is C11H13N5O3. The van der Waals surface area contributed by atoms with Crippen LogP contribution in [-0.4, -0.2) is 41.9 Å². The number of aliphatic hydroxyl groups excluding tert-OH is 2. The van der Waals surface area contributed by atoms with Gasteiger partial charge in [0.05, 0.1) is 0 Å². The number of anilines is 1. The largest absolute Gasteiger partial charge is 0.469 e. The Balaban J connectivity index is 2.09. The van der Waals surface area contributed by atoms with E-state index in [4.69, 9.17) is 10.5 Å². The highest BCUT2D eigenvalue weighted by molar-refractivity contribution is 5.81. The Morgan fingerprint density at radius 3 is 2.84 bits per heavy atom. The quantitative estimate of drug-likeness (QED) is 0.638. The first-order chi connectivity index (χ1) is 9.13. The van der Waals surface area contributed by atoms with E-state index in [1.54, 1.807) is 13.0 Å². The molecule has 0 aliphatic carbocycles. The minimum atomic E-state index is -1.10. The fraction of sp³-hybridized carbons (Fsp3) is 0.364. The van der Waals surface area contributed by atoms with E-state index in [0.717, 1.165) is 0 Å². The molecule has 4 N–H and O–H groups in total. The molecule has 3 rings (SSSR count). The van der Waals surface area contributed by atoms with E-state index < -0.39 is 18.4 Å². The van der Waals surface area contributed by atoms with Crippen LogP contribution >= 0.6 is 0 Å². The summed E-state index contributed by atoms with van der Waals surface area (Å²) in [4.78, 5) is 12.0. The molecule has 100 valence electrons. The van der Waals surface area contributed by atoms with Crippen molar-refractivity contribution in [1.29, 1.82) is 0 Å². The van der Waals surface area contributed by atoms with Crippen LogP contribution in [0, 0.1) is 0 Å². The lowest BCUT2D eigenvalue weighted by Crippen LogP contribution is -2.27. The maximum atomic E-state index is 10.0. The van der Waals surface area contributed by atoms with Gasteiger partial charge in [0.1, 0.15) is 36.1 Å². The third-order valence-corrected chi connectivity index (χ3v) is 3.11. The van der Waals surface area contributed by atoms with Crippen molar-refractivity contribution in [3.05, 3.63) is 24.5 Å². The van der Waals surface area contributed by atoms with Gasteiger partial charge in [-0.05, 0) is 13.0 Å². The second-order valence-corrected chi connectivity index (χ2v) is 4.22. The first kappa shape index (κ1) is 11.9. The molecule has 8 nitrogen and oxygen atoms in total. The van der Waals surface area contributed by atoms with Crippen LogP contribution in [0.2, 0.25) is 0 Å². The van der Waals surface area contributed by atoms with Gasteiger partial charge in [-0.15, -0.1) is 0 Å². The summed E-state index contributed by atoms with van der Waals surface area (Å²) in [6.07, 6.45) is 1.42. The van der Waals surface area contributed by atoms with Gasteiger partial charge in [-0.1, -0.05) is 0 Å². The van der Waals surface area contributed by atoms with Crippen LogP contribution in [0.5, 0.6) is 0 Å². The Morgan fingerprint density at radius 2 is 2.16 bits per heavy atom. The van der Waals surface area contributed by atoms with Gasteiger partial charge in [0, 0.05) is 0 Å². The van der Waals surface area contributed by atoms with Gasteiger partial charge < -0.3 is 20.7 Å². The molecule has 1 saturated heterocycles. The van der Waals surface area contributed by atoms with Gasteiger partial charge in [-0.3, -0.25) is 4.57 Å². The lowest BCUT2D eigenvalue weighted by Gasteiger charge is -2.15. The van der Waals surface area contributed by atoms with Crippen LogP contribution in [0.4, 0.5) is 5.82 Å². The average Bonchev–Trinajstić information content (AvgIpc) is 2.94. The number of allylic oxidation sites excluding steroid dienone is 1. The highest BCUT2D eigenvalue weighted by Crippen LogP contribution is 2.33. The second-order valence-electron chi connectivity index (χ2n) is 4.22. The van der Waals surface area contributed by atoms with E-state index in [9.17, 15) is 10.2 Å². The Labute approximate surface area is 108 Å². The number of aromatic nitrogens is 4. The van der Waals surface area contributed by atoms with Crippen molar-refractivity contribution in [2.75, 3.05) is 5.73 Å². The van der Waals surface area contributed by atoms with Crippen molar-refractivity contribution in [2.24, 2.45) is 0 Å². The van der Waals surface area contributed by atoms with E-state index in [1.165, 1.54) is 17.2 Å². The Morgan fingerprint density at radius 1 is 1.37 bits per heavy atom. The van der Waals surface area contributed by atoms with Crippen LogP contribution in [0.15, 0.2) is 24.5 Å². The summed E-state index contributed by atoms with van der Waals surface area (Å²) < 4.78 is 7.04. The fourth-order valence-electron chi connectivity index (χ4n) is 2.12. The second kappa shape index (κ2) is 4.18. The number of nitrogens with zero attached hydrogens (tertiary/aromatic N) is 4. The van der Waals surface area contributed by atoms with Crippen molar-refractivity contribution in [3.8, 4) is 0 Å². The molecular weight excluding hydrogens is 250 g/mol. The molecule has 2 aromatic rings. The van der Waals surface area contributed by atoms with Crippen LogP contribution < -0.4 is 5.73 Å². The Hall–Kier alpha value is -2.19. The zero-order valence-corrected chi connectivity index (χ0v) is 10.1. The number of fused-ring (bicyclic) bond motifs is 1. The molecule has 2 aromatic heterocycles. The van der Waals surface area contributed by atoms with Crippen LogP contribution in [-0.2, 0) is 4.74 Å². The molecule has 3 atom stereocenters. The standard InChI is InChI=1S/C11H13N5O3/c1-2-5-7(17)8(18)11(19-5)16-4-15-6-9(12)13-3-14-10(6)16/h2-4,7-8,11,17-18H,1H3,(H2,12,13,14)/b5-2-/t7-,8-,11-/m1/s1. The van der Waals surface area contributed by atoms with Crippen LogP contribution in [0.3, 0.4) is 0 Å². The third-order valence-electron chi connectivity index (χ3n) is 3.11. The monoisotopic (exact) mass is 263 g/mol. The predicted octanol–water partition coefficient (Wildman–Crippen LogP) is -0.437. The van der Waals surface area contributed by atoms with Gasteiger partial charge in [0.15, 0.2) is 11.5 Å². The Bertz CT molecular complexity index is 653. The fourth-order valence-corrected chi connectivity index (χ4v) is 2.12. The molecule has 0 bridgehead atoms. The van der Waals surface area contributed by atoms with Gasteiger partial charge in [0.25, 0.3) is 0 Å². The SMILES string of the molecule is C/C=C1\O[C@@H](n2cnc3c(N)ncnc32)[C@H](O)[C@@H]1O. The van der Waals surface area contributed by atoms with E-state index in [-0.39, 0.29) is 5.82 Å². The number of hydrogen-bond donors (Lipinski definition) is 3. The van der Waals surface area contributed by atoms with Gasteiger partial charge in [-0.2, -0.15) is 0 Å². The molecule has 8 heteroatoms. The van der Waals surface area contributed by atoms with Crippen molar-refractivity contribution in [3.63, 3.8) is 0 Å². The zero-order chi connectivity index (χ0) is 13.6. The van der Waals surface area contributed by atoms with Crippen molar-refractivity contribution < 1.29 is 14.9 Å². The number of hydrogen-bond acceptors (Lipinski definition) is 7. The molecule has 1 fully saturated rings. The third kappa shape index (κ3) is 1.65. The van der Waals surface area contributed by atoms with Gasteiger partial charge in [0.2, 0.25) is 6.23 Å². The summed E-state index contributed by atoms with van der Waals surface area (Å²) in [6, 6.07) is 0. The van der Waals surface area contributed by atoms with Crippen molar-refractivity contribution >= 4 is 17.0 Å². The van der Waals surface area contributed by atoms with E-state index >= 15 is 0 Å². The zero-order valence-electron chi connectivity index (χ0n) is 10.1. The summed E-state index contributed by atoms with van der Waals surface area (Å²) in [5, 5.41) is 19.8. The molecule has 0 radical (unpaired) electrons. The number of ether oxygens (including phenoxy) is 1. The van der Waals surface area contributed by atoms with E-state index in [0.29, 0.717) is 16.9 Å². The number of nitrogen functional groups attached to an aromatic ring is 1. The summed E-state index contributed by atoms with van der Waals surface area (Å²) >= 11 is 0. The lowest BCUT2D eigenvalue weighted by molar-refractivity contribution is -0.0118. The summed E-state index contributed by atoms with van der Waals surface area (Å²) in [7, 11) is 0. The minimum absolute atomic E-state index is 0.253. The number of nitrogens with two attached hydrogens (primary N) is 1. The highest BCUT2D eigenvalue weighted by atomic mass is 16.5. The highest BCUT2D eigenvalue weighted by Gasteiger charge is 2.41. The van der Waals surface area contributed by atoms with E-state index in [2.05, 4.69) is 15.0 Å². The molecule has 0 amide bonds. The summed E-state index contributed by atoms with van der Waals surface area (Å²) in [5.74, 6) is 0.574. The van der Waals surface area contributed by atoms with Crippen molar-refractivity contribution in [1.82, 2.24) is 19.5 Å². The molecule has 0 unspecified atom stereocenters. The van der Waals surface area contributed by atoms with Crippen LogP contribution in [0.25, 0.3) is 11.2 Å². The predicted molar refractivity (Wildman–Crippen MR) is 65.6 cm³/mol. The smallest absolute Gasteiger partial charge is 0.207 e. The molecule has 19 heavy (non-hydrogen) atoms. The summed E-state index contributed by atoms with van der Waals surface area (Å²) in [6.45, 7) is 1.72. The summed E-state index contributed by atoms with van der Waals surface area (Å²) in [5.41, 5.74) is 6.57. The van der Waals surface area contributed by atoms with Crippen LogP contribution in [0.1, 0.15) is 13.2 Å². The van der Waals surface area contributed by atoms with Gasteiger partial charge in [-0.25, -0.2) is 15.0 Å².